The van der Waals surface area contributed by atoms with Crippen molar-refractivity contribution >= 4 is 5.82 Å². The minimum absolute atomic E-state index is 0.216. The van der Waals surface area contributed by atoms with Gasteiger partial charge in [0.15, 0.2) is 0 Å². The van der Waals surface area contributed by atoms with Gasteiger partial charge in [-0.1, -0.05) is 0 Å². The molecule has 0 aliphatic heterocycles. The normalized spacial score (nSPS) is 10.8. The highest BCUT2D eigenvalue weighted by Crippen LogP contribution is 2.22. The van der Waals surface area contributed by atoms with Crippen molar-refractivity contribution in [1.82, 2.24) is 14.1 Å². The number of aryl methyl sites for hydroxylation is 1. The Morgan fingerprint density at radius 1 is 1.19 bits per heavy atom. The molecule has 5 nitrogen and oxygen atoms in total. The van der Waals surface area contributed by atoms with Crippen LogP contribution in [0.25, 0.3) is 16.9 Å². The van der Waals surface area contributed by atoms with E-state index in [1.807, 2.05) is 0 Å². The van der Waals surface area contributed by atoms with Crippen LogP contribution in [0.3, 0.4) is 0 Å². The monoisotopic (exact) mass is 284 g/mol. The first-order chi connectivity index (χ1) is 10.1. The summed E-state index contributed by atoms with van der Waals surface area (Å²) in [6.07, 6.45) is 3.29. The molecule has 106 valence electrons. The molecule has 0 fully saturated rings. The van der Waals surface area contributed by atoms with Crippen LogP contribution in [-0.4, -0.2) is 14.1 Å². The maximum Gasteiger partial charge on any atom is 0.332 e. The molecule has 2 heterocycles. The fourth-order valence-electron chi connectivity index (χ4n) is 2.21. The van der Waals surface area contributed by atoms with Crippen LogP contribution in [0.4, 0.5) is 10.2 Å². The van der Waals surface area contributed by atoms with E-state index >= 15 is 0 Å². The number of benzene rings is 1. The van der Waals surface area contributed by atoms with Crippen LogP contribution in [0.2, 0.25) is 0 Å². The fraction of sp³-hybridized carbons (Fsp3) is 0.0667. The molecule has 21 heavy (non-hydrogen) atoms. The molecule has 0 radical (unpaired) electrons. The first-order valence-corrected chi connectivity index (χ1v) is 6.32. The molecule has 2 N–H and O–H groups in total. The van der Waals surface area contributed by atoms with Crippen LogP contribution < -0.4 is 11.4 Å². The molecule has 0 amide bonds. The van der Waals surface area contributed by atoms with Crippen LogP contribution >= 0.6 is 0 Å². The topological polar surface area (TPSA) is 65.8 Å². The predicted molar refractivity (Wildman–Crippen MR) is 78.6 cm³/mol. The first-order valence-electron chi connectivity index (χ1n) is 6.32. The zero-order valence-electron chi connectivity index (χ0n) is 11.3. The minimum atomic E-state index is -0.350. The Morgan fingerprint density at radius 3 is 2.57 bits per heavy atom. The van der Waals surface area contributed by atoms with E-state index in [4.69, 9.17) is 5.73 Å². The number of imidazole rings is 1. The Bertz CT molecular complexity index is 849. The summed E-state index contributed by atoms with van der Waals surface area (Å²) in [5.74, 6) is 0.0203. The van der Waals surface area contributed by atoms with Gasteiger partial charge in [0, 0.05) is 25.0 Å². The molecule has 1 aromatic carbocycles. The lowest BCUT2D eigenvalue weighted by molar-refractivity contribution is 0.627. The molecule has 0 aliphatic carbocycles. The summed E-state index contributed by atoms with van der Waals surface area (Å²) < 4.78 is 16.0. The Balaban J connectivity index is 2.25. The second-order valence-corrected chi connectivity index (χ2v) is 4.69. The van der Waals surface area contributed by atoms with Crippen molar-refractivity contribution in [3.63, 3.8) is 0 Å². The second kappa shape index (κ2) is 4.90. The average Bonchev–Trinajstić information content (AvgIpc) is 2.76. The van der Waals surface area contributed by atoms with Gasteiger partial charge in [0.05, 0.1) is 11.4 Å². The summed E-state index contributed by atoms with van der Waals surface area (Å²) >= 11 is 0. The fourth-order valence-corrected chi connectivity index (χ4v) is 2.21. The lowest BCUT2D eigenvalue weighted by Crippen LogP contribution is -2.21. The van der Waals surface area contributed by atoms with Crippen molar-refractivity contribution in [2.24, 2.45) is 7.05 Å². The number of aromatic nitrogens is 3. The van der Waals surface area contributed by atoms with E-state index in [2.05, 4.69) is 4.98 Å². The van der Waals surface area contributed by atoms with Crippen molar-refractivity contribution in [2.75, 3.05) is 5.73 Å². The lowest BCUT2D eigenvalue weighted by Gasteiger charge is -2.07. The van der Waals surface area contributed by atoms with E-state index in [-0.39, 0.29) is 11.5 Å². The lowest BCUT2D eigenvalue weighted by atomic mass is 10.2. The summed E-state index contributed by atoms with van der Waals surface area (Å²) in [7, 11) is 1.66. The number of halogens is 1. The molecule has 3 rings (SSSR count). The molecule has 0 aliphatic rings. The van der Waals surface area contributed by atoms with E-state index < -0.39 is 0 Å². The van der Waals surface area contributed by atoms with Gasteiger partial charge >= 0.3 is 5.69 Å². The summed E-state index contributed by atoms with van der Waals surface area (Å²) in [6.45, 7) is 0. The van der Waals surface area contributed by atoms with Crippen molar-refractivity contribution in [3.8, 4) is 16.9 Å². The van der Waals surface area contributed by atoms with Gasteiger partial charge in [0.1, 0.15) is 11.6 Å². The standard InChI is InChI=1S/C15H13FN4O/c1-19-9-13(10-6-7-18-14(17)8-10)20(15(19)21)12-4-2-11(16)3-5-12/h2-9H,1H3,(H2,17,18). The minimum Gasteiger partial charge on any atom is -0.384 e. The maximum atomic E-state index is 13.1. The van der Waals surface area contributed by atoms with Gasteiger partial charge in [-0.25, -0.2) is 14.2 Å². The molecule has 0 spiro atoms. The van der Waals surface area contributed by atoms with Crippen LogP contribution in [-0.2, 0) is 7.05 Å². The van der Waals surface area contributed by atoms with Gasteiger partial charge < -0.3 is 10.3 Å². The highest BCUT2D eigenvalue weighted by atomic mass is 19.1. The highest BCUT2D eigenvalue weighted by molar-refractivity contribution is 5.64. The van der Waals surface area contributed by atoms with Crippen molar-refractivity contribution in [1.29, 1.82) is 0 Å². The van der Waals surface area contributed by atoms with Crippen molar-refractivity contribution in [3.05, 3.63) is 65.1 Å². The van der Waals surface area contributed by atoms with Gasteiger partial charge in [-0.2, -0.15) is 0 Å². The number of nitrogens with two attached hydrogens (primary N) is 1. The van der Waals surface area contributed by atoms with E-state index in [9.17, 15) is 9.18 Å². The third kappa shape index (κ3) is 2.31. The smallest absolute Gasteiger partial charge is 0.332 e. The number of hydrogen-bond acceptors (Lipinski definition) is 3. The maximum absolute atomic E-state index is 13.1. The van der Waals surface area contributed by atoms with Crippen LogP contribution in [0.1, 0.15) is 0 Å². The number of nitrogen functional groups attached to an aromatic ring is 1. The van der Waals surface area contributed by atoms with Crippen molar-refractivity contribution < 1.29 is 4.39 Å². The molecule has 0 unspecified atom stereocenters. The Morgan fingerprint density at radius 2 is 1.90 bits per heavy atom. The summed E-state index contributed by atoms with van der Waals surface area (Å²) in [5, 5.41) is 0. The van der Waals surface area contributed by atoms with E-state index in [0.29, 0.717) is 17.2 Å². The third-order valence-corrected chi connectivity index (χ3v) is 3.21. The Labute approximate surface area is 120 Å². The van der Waals surface area contributed by atoms with Crippen LogP contribution in [0, 0.1) is 5.82 Å². The third-order valence-electron chi connectivity index (χ3n) is 3.21. The average molecular weight is 284 g/mol. The first kappa shape index (κ1) is 13.1. The molecule has 0 bridgehead atoms. The van der Waals surface area contributed by atoms with Gasteiger partial charge in [0.25, 0.3) is 0 Å². The van der Waals surface area contributed by atoms with Gasteiger partial charge in [-0.05, 0) is 36.4 Å². The SMILES string of the molecule is Cn1cc(-c2ccnc(N)c2)n(-c2ccc(F)cc2)c1=O. The highest BCUT2D eigenvalue weighted by Gasteiger charge is 2.13. The van der Waals surface area contributed by atoms with E-state index in [1.165, 1.54) is 21.3 Å². The van der Waals surface area contributed by atoms with Crippen LogP contribution in [0.5, 0.6) is 0 Å². The number of pyridine rings is 1. The van der Waals surface area contributed by atoms with E-state index in [0.717, 1.165) is 5.56 Å². The van der Waals surface area contributed by atoms with Gasteiger partial charge in [-0.15, -0.1) is 0 Å². The summed E-state index contributed by atoms with van der Waals surface area (Å²) in [4.78, 5) is 16.3. The number of rotatable bonds is 2. The number of anilines is 1. The number of hydrogen-bond donors (Lipinski definition) is 1. The van der Waals surface area contributed by atoms with E-state index in [1.54, 1.807) is 43.7 Å². The zero-order valence-corrected chi connectivity index (χ0v) is 11.3. The zero-order chi connectivity index (χ0) is 15.0. The van der Waals surface area contributed by atoms with Gasteiger partial charge in [-0.3, -0.25) is 4.57 Å². The molecule has 2 aromatic heterocycles. The second-order valence-electron chi connectivity index (χ2n) is 4.69. The van der Waals surface area contributed by atoms with Crippen LogP contribution in [0.15, 0.2) is 53.6 Å². The largest absolute Gasteiger partial charge is 0.384 e. The Hall–Kier alpha value is -2.89. The summed E-state index contributed by atoms with van der Waals surface area (Å²) in [5.41, 5.74) is 7.51. The Kier molecular flexibility index (Phi) is 3.06. The molecule has 3 aromatic rings. The molecular weight excluding hydrogens is 271 g/mol. The number of nitrogens with zero attached hydrogens (tertiary/aromatic N) is 3. The molecular formula is C15H13FN4O. The van der Waals surface area contributed by atoms with Crippen molar-refractivity contribution in [2.45, 2.75) is 0 Å². The molecule has 0 saturated heterocycles. The molecule has 6 heteroatoms. The van der Waals surface area contributed by atoms with Gasteiger partial charge in [0.2, 0.25) is 0 Å². The quantitative estimate of drug-likeness (QED) is 0.782. The molecule has 0 saturated carbocycles. The summed E-state index contributed by atoms with van der Waals surface area (Å²) in [6, 6.07) is 9.22. The molecule has 0 atom stereocenters. The predicted octanol–water partition coefficient (Wildman–Crippen LogP) is 1.96.